The lowest BCUT2D eigenvalue weighted by atomic mass is 10.1. The van der Waals surface area contributed by atoms with Crippen molar-refractivity contribution in [2.24, 2.45) is 0 Å². The number of hydrogen-bond acceptors (Lipinski definition) is 4. The van der Waals surface area contributed by atoms with Crippen LogP contribution in [0.3, 0.4) is 0 Å². The van der Waals surface area contributed by atoms with Gasteiger partial charge in [-0.3, -0.25) is 4.79 Å². The fourth-order valence-corrected chi connectivity index (χ4v) is 5.43. The summed E-state index contributed by atoms with van der Waals surface area (Å²) in [4.78, 5) is 12.5. The number of nitrogens with one attached hydrogen (secondary N) is 1. The number of nitrogens with zero attached hydrogens (tertiary/aromatic N) is 1. The van der Waals surface area contributed by atoms with Crippen molar-refractivity contribution in [3.63, 3.8) is 0 Å². The van der Waals surface area contributed by atoms with Crippen LogP contribution in [0.4, 0.5) is 10.1 Å². The first kappa shape index (κ1) is 21.5. The van der Waals surface area contributed by atoms with E-state index in [9.17, 15) is 17.6 Å². The molecule has 9 heteroatoms. The summed E-state index contributed by atoms with van der Waals surface area (Å²) in [6.07, 6.45) is 2.52. The number of piperidine rings is 1. The molecular formula is C20H22ClFN2O4S. The Hall–Kier alpha value is -2.16. The Morgan fingerprint density at radius 2 is 2.03 bits per heavy atom. The second kappa shape index (κ2) is 8.69. The summed E-state index contributed by atoms with van der Waals surface area (Å²) >= 11 is 5.74. The molecule has 1 amide bonds. The number of carbonyl (C=O) groups is 1. The first-order valence-corrected chi connectivity index (χ1v) is 11.0. The van der Waals surface area contributed by atoms with Crippen LogP contribution in [0.2, 0.25) is 5.02 Å². The van der Waals surface area contributed by atoms with E-state index in [-0.39, 0.29) is 33.0 Å². The van der Waals surface area contributed by atoms with Crippen LogP contribution < -0.4 is 10.1 Å². The maximum Gasteiger partial charge on any atom is 0.255 e. The molecule has 29 heavy (non-hydrogen) atoms. The molecule has 0 unspecified atom stereocenters. The van der Waals surface area contributed by atoms with Crippen molar-refractivity contribution in [2.45, 2.75) is 37.1 Å². The third-order valence-electron chi connectivity index (χ3n) is 4.95. The van der Waals surface area contributed by atoms with Crippen LogP contribution in [0.25, 0.3) is 0 Å². The minimum absolute atomic E-state index is 0.0633. The first-order chi connectivity index (χ1) is 13.8. The van der Waals surface area contributed by atoms with Gasteiger partial charge in [-0.2, -0.15) is 4.31 Å². The van der Waals surface area contributed by atoms with Crippen LogP contribution in [-0.2, 0) is 10.0 Å². The quantitative estimate of drug-likeness (QED) is 0.751. The number of sulfonamides is 1. The number of methoxy groups -OCH3 is 1. The van der Waals surface area contributed by atoms with E-state index < -0.39 is 21.7 Å². The van der Waals surface area contributed by atoms with Gasteiger partial charge in [-0.15, -0.1) is 0 Å². The average Bonchev–Trinajstić information content (AvgIpc) is 2.71. The highest BCUT2D eigenvalue weighted by Gasteiger charge is 2.33. The Kier molecular flexibility index (Phi) is 6.45. The van der Waals surface area contributed by atoms with Gasteiger partial charge in [0.05, 0.1) is 17.8 Å². The summed E-state index contributed by atoms with van der Waals surface area (Å²) in [6.45, 7) is 2.28. The van der Waals surface area contributed by atoms with Crippen LogP contribution in [0.5, 0.6) is 5.75 Å². The van der Waals surface area contributed by atoms with Crippen molar-refractivity contribution in [3.8, 4) is 5.75 Å². The molecule has 156 valence electrons. The molecule has 0 aromatic heterocycles. The lowest BCUT2D eigenvalue weighted by Gasteiger charge is -2.32. The summed E-state index contributed by atoms with van der Waals surface area (Å²) in [7, 11) is -2.49. The van der Waals surface area contributed by atoms with Gasteiger partial charge in [-0.25, -0.2) is 12.8 Å². The summed E-state index contributed by atoms with van der Waals surface area (Å²) in [6, 6.07) is 8.20. The molecule has 0 aliphatic carbocycles. The lowest BCUT2D eigenvalue weighted by molar-refractivity contribution is 0.102. The summed E-state index contributed by atoms with van der Waals surface area (Å²) in [5, 5.41) is 2.30. The van der Waals surface area contributed by atoms with Crippen molar-refractivity contribution in [1.29, 1.82) is 0 Å². The molecular weight excluding hydrogens is 419 g/mol. The molecule has 3 rings (SSSR count). The number of rotatable bonds is 5. The second-order valence-corrected chi connectivity index (χ2v) is 9.15. The Labute approximate surface area is 174 Å². The van der Waals surface area contributed by atoms with Crippen molar-refractivity contribution in [3.05, 3.63) is 52.8 Å². The van der Waals surface area contributed by atoms with E-state index in [2.05, 4.69) is 5.32 Å². The number of amides is 1. The van der Waals surface area contributed by atoms with Crippen molar-refractivity contribution >= 4 is 33.2 Å². The summed E-state index contributed by atoms with van der Waals surface area (Å²) < 4.78 is 47.2. The van der Waals surface area contributed by atoms with Crippen LogP contribution in [0.1, 0.15) is 36.5 Å². The first-order valence-electron chi connectivity index (χ1n) is 9.21. The fourth-order valence-electron chi connectivity index (χ4n) is 3.37. The SMILES string of the molecule is COc1ccc(C(=O)Nc2cccc(Cl)c2F)cc1S(=O)(=O)N1CCCC[C@H]1C. The topological polar surface area (TPSA) is 75.7 Å². The zero-order valence-corrected chi connectivity index (χ0v) is 17.7. The molecule has 1 aliphatic heterocycles. The zero-order valence-electron chi connectivity index (χ0n) is 16.1. The van der Waals surface area contributed by atoms with E-state index in [1.54, 1.807) is 0 Å². The molecule has 0 radical (unpaired) electrons. The molecule has 0 spiro atoms. The summed E-state index contributed by atoms with van der Waals surface area (Å²) in [5.41, 5.74) is -0.0270. The van der Waals surface area contributed by atoms with Gasteiger partial charge < -0.3 is 10.1 Å². The number of halogens is 2. The van der Waals surface area contributed by atoms with Gasteiger partial charge >= 0.3 is 0 Å². The Balaban J connectivity index is 1.96. The molecule has 1 N–H and O–H groups in total. The Morgan fingerprint density at radius 3 is 2.72 bits per heavy atom. The third-order valence-corrected chi connectivity index (χ3v) is 7.28. The molecule has 1 heterocycles. The van der Waals surface area contributed by atoms with Crippen molar-refractivity contribution < 1.29 is 22.3 Å². The molecule has 1 fully saturated rings. The zero-order chi connectivity index (χ0) is 21.2. The predicted molar refractivity (Wildman–Crippen MR) is 110 cm³/mol. The monoisotopic (exact) mass is 440 g/mol. The van der Waals surface area contributed by atoms with E-state index >= 15 is 0 Å². The van der Waals surface area contributed by atoms with E-state index in [1.807, 2.05) is 6.92 Å². The minimum Gasteiger partial charge on any atom is -0.495 e. The average molecular weight is 441 g/mol. The Bertz CT molecular complexity index is 1030. The van der Waals surface area contributed by atoms with Gasteiger partial charge in [0.2, 0.25) is 10.0 Å². The van der Waals surface area contributed by atoms with Gasteiger partial charge in [-0.05, 0) is 50.1 Å². The maximum absolute atomic E-state index is 14.1. The highest BCUT2D eigenvalue weighted by atomic mass is 35.5. The van der Waals surface area contributed by atoms with Gasteiger partial charge in [0.15, 0.2) is 5.82 Å². The van der Waals surface area contributed by atoms with Crippen LogP contribution >= 0.6 is 11.6 Å². The molecule has 2 aromatic carbocycles. The number of benzene rings is 2. The maximum atomic E-state index is 14.1. The number of hydrogen-bond donors (Lipinski definition) is 1. The van der Waals surface area contributed by atoms with Crippen LogP contribution in [0.15, 0.2) is 41.3 Å². The largest absolute Gasteiger partial charge is 0.495 e. The normalized spacial score (nSPS) is 17.7. The number of carbonyl (C=O) groups excluding carboxylic acids is 1. The lowest BCUT2D eigenvalue weighted by Crippen LogP contribution is -2.42. The van der Waals surface area contributed by atoms with E-state index in [0.717, 1.165) is 19.3 Å². The van der Waals surface area contributed by atoms with Crippen LogP contribution in [0, 0.1) is 5.82 Å². The highest BCUT2D eigenvalue weighted by molar-refractivity contribution is 7.89. The van der Waals surface area contributed by atoms with E-state index in [0.29, 0.717) is 6.54 Å². The predicted octanol–water partition coefficient (Wildman–Crippen LogP) is 4.30. The molecule has 2 aromatic rings. The minimum atomic E-state index is -3.86. The van der Waals surface area contributed by atoms with Gasteiger partial charge in [0.1, 0.15) is 10.6 Å². The van der Waals surface area contributed by atoms with Gasteiger partial charge in [0, 0.05) is 18.2 Å². The van der Waals surface area contributed by atoms with Crippen molar-refractivity contribution in [2.75, 3.05) is 19.0 Å². The van der Waals surface area contributed by atoms with Gasteiger partial charge in [-0.1, -0.05) is 24.1 Å². The molecule has 1 aliphatic rings. The molecule has 0 saturated carbocycles. The second-order valence-electron chi connectivity index (χ2n) is 6.88. The van der Waals surface area contributed by atoms with E-state index in [4.69, 9.17) is 16.3 Å². The molecule has 1 atom stereocenters. The molecule has 1 saturated heterocycles. The smallest absolute Gasteiger partial charge is 0.255 e. The number of anilines is 1. The van der Waals surface area contributed by atoms with E-state index in [1.165, 1.54) is 47.8 Å². The highest BCUT2D eigenvalue weighted by Crippen LogP contribution is 2.32. The third kappa shape index (κ3) is 4.39. The number of ether oxygens (including phenoxy) is 1. The Morgan fingerprint density at radius 1 is 1.28 bits per heavy atom. The van der Waals surface area contributed by atoms with Crippen molar-refractivity contribution in [1.82, 2.24) is 4.31 Å². The standard InChI is InChI=1S/C20H22ClFN2O4S/c1-13-6-3-4-11-24(13)29(26,27)18-12-14(9-10-17(18)28-2)20(25)23-16-8-5-7-15(21)19(16)22/h5,7-10,12-13H,3-4,6,11H2,1-2H3,(H,23,25)/t13-/m1/s1. The van der Waals surface area contributed by atoms with Gasteiger partial charge in [0.25, 0.3) is 5.91 Å². The summed E-state index contributed by atoms with van der Waals surface area (Å²) in [5.74, 6) is -1.27. The van der Waals surface area contributed by atoms with Crippen LogP contribution in [-0.4, -0.2) is 38.3 Å². The molecule has 0 bridgehead atoms. The fraction of sp³-hybridized carbons (Fsp3) is 0.350. The molecule has 6 nitrogen and oxygen atoms in total.